The number of hydrogen-bond acceptors (Lipinski definition) is 2. The number of Topliss-reactive ketones (excluding diaryl/α,β-unsaturated/α-hetero) is 1. The van der Waals surface area contributed by atoms with Crippen LogP contribution in [-0.4, -0.2) is 23.3 Å². The Hall–Kier alpha value is -0.570. The molecule has 0 aromatic heterocycles. The zero-order chi connectivity index (χ0) is 13.1. The molecule has 2 nitrogen and oxygen atoms in total. The smallest absolute Gasteiger partial charge is 0.146 e. The second-order valence-electron chi connectivity index (χ2n) is 4.83. The Morgan fingerprint density at radius 3 is 2.89 bits per heavy atom. The monoisotopic (exact) mass is 285 g/mol. The normalized spacial score (nSPS) is 20.9. The van der Waals surface area contributed by atoms with Gasteiger partial charge in [-0.2, -0.15) is 0 Å². The standard InChI is InChI=1S/C14H17Cl2NO/c1-10(18)14-4-2-3-7-17(14)9-11-8-12(15)5-6-13(11)16/h5-6,8,14H,2-4,7,9H2,1H3. The molecule has 0 radical (unpaired) electrons. The predicted octanol–water partition coefficient (Wildman–Crippen LogP) is 3.94. The summed E-state index contributed by atoms with van der Waals surface area (Å²) in [5.74, 6) is 0.243. The molecule has 0 bridgehead atoms. The van der Waals surface area contributed by atoms with Crippen LogP contribution in [0.25, 0.3) is 0 Å². The van der Waals surface area contributed by atoms with E-state index in [1.165, 1.54) is 0 Å². The molecule has 1 aliphatic heterocycles. The molecule has 0 aliphatic carbocycles. The van der Waals surface area contributed by atoms with Gasteiger partial charge in [-0.25, -0.2) is 0 Å². The zero-order valence-electron chi connectivity index (χ0n) is 10.5. The summed E-state index contributed by atoms with van der Waals surface area (Å²) in [6, 6.07) is 5.52. The number of piperidine rings is 1. The van der Waals surface area contributed by atoms with E-state index in [1.54, 1.807) is 13.0 Å². The van der Waals surface area contributed by atoms with Crippen molar-refractivity contribution in [3.8, 4) is 0 Å². The van der Waals surface area contributed by atoms with E-state index < -0.39 is 0 Å². The quantitative estimate of drug-likeness (QED) is 0.839. The summed E-state index contributed by atoms with van der Waals surface area (Å²) in [6.07, 6.45) is 3.22. The minimum absolute atomic E-state index is 0.0359. The second kappa shape index (κ2) is 6.05. The van der Waals surface area contributed by atoms with Crippen LogP contribution in [0, 0.1) is 0 Å². The Morgan fingerprint density at radius 1 is 1.39 bits per heavy atom. The van der Waals surface area contributed by atoms with Crippen LogP contribution in [0.4, 0.5) is 0 Å². The largest absolute Gasteiger partial charge is 0.298 e. The number of nitrogens with zero attached hydrogens (tertiary/aromatic N) is 1. The van der Waals surface area contributed by atoms with E-state index in [-0.39, 0.29) is 11.8 Å². The van der Waals surface area contributed by atoms with Crippen molar-refractivity contribution in [1.82, 2.24) is 4.90 Å². The lowest BCUT2D eigenvalue weighted by atomic mass is 9.98. The molecule has 1 unspecified atom stereocenters. The Bertz CT molecular complexity index is 447. The van der Waals surface area contributed by atoms with Crippen molar-refractivity contribution in [2.75, 3.05) is 6.54 Å². The number of hydrogen-bond donors (Lipinski definition) is 0. The highest BCUT2D eigenvalue weighted by molar-refractivity contribution is 6.33. The molecule has 2 rings (SSSR count). The molecular weight excluding hydrogens is 269 g/mol. The van der Waals surface area contributed by atoms with Gasteiger partial charge in [-0.1, -0.05) is 29.6 Å². The van der Waals surface area contributed by atoms with Crippen molar-refractivity contribution in [2.24, 2.45) is 0 Å². The van der Waals surface area contributed by atoms with Crippen molar-refractivity contribution in [3.63, 3.8) is 0 Å². The lowest BCUT2D eigenvalue weighted by molar-refractivity contribution is -0.123. The lowest BCUT2D eigenvalue weighted by Gasteiger charge is -2.34. The minimum Gasteiger partial charge on any atom is -0.298 e. The van der Waals surface area contributed by atoms with Gasteiger partial charge in [0, 0.05) is 16.6 Å². The van der Waals surface area contributed by atoms with Gasteiger partial charge in [0.15, 0.2) is 0 Å². The Morgan fingerprint density at radius 2 is 2.17 bits per heavy atom. The van der Waals surface area contributed by atoms with E-state index >= 15 is 0 Å². The maximum atomic E-state index is 11.7. The summed E-state index contributed by atoms with van der Waals surface area (Å²) >= 11 is 12.2. The molecule has 4 heteroatoms. The molecule has 0 saturated carbocycles. The molecule has 0 amide bonds. The first-order chi connectivity index (χ1) is 8.58. The minimum atomic E-state index is 0.0359. The summed E-state index contributed by atoms with van der Waals surface area (Å²) in [7, 11) is 0. The van der Waals surface area contributed by atoms with Gasteiger partial charge in [0.2, 0.25) is 0 Å². The Balaban J connectivity index is 2.15. The first-order valence-corrected chi connectivity index (χ1v) is 7.02. The van der Waals surface area contributed by atoms with Gasteiger partial charge in [-0.15, -0.1) is 0 Å². The highest BCUT2D eigenvalue weighted by Gasteiger charge is 2.26. The molecule has 1 fully saturated rings. The highest BCUT2D eigenvalue weighted by atomic mass is 35.5. The summed E-state index contributed by atoms with van der Waals surface area (Å²) in [6.45, 7) is 3.32. The Labute approximate surface area is 118 Å². The molecule has 1 heterocycles. The molecule has 18 heavy (non-hydrogen) atoms. The third-order valence-corrected chi connectivity index (χ3v) is 4.07. The third-order valence-electron chi connectivity index (χ3n) is 3.46. The van der Waals surface area contributed by atoms with E-state index in [2.05, 4.69) is 4.90 Å². The highest BCUT2D eigenvalue weighted by Crippen LogP contribution is 2.25. The van der Waals surface area contributed by atoms with Crippen molar-refractivity contribution in [3.05, 3.63) is 33.8 Å². The van der Waals surface area contributed by atoms with Gasteiger partial charge in [0.1, 0.15) is 5.78 Å². The van der Waals surface area contributed by atoms with Crippen LogP contribution >= 0.6 is 23.2 Å². The van der Waals surface area contributed by atoms with Crippen LogP contribution in [0.2, 0.25) is 10.0 Å². The number of likely N-dealkylation sites (tertiary alicyclic amines) is 1. The number of carbonyl (C=O) groups is 1. The van der Waals surface area contributed by atoms with Gasteiger partial charge in [0.05, 0.1) is 6.04 Å². The predicted molar refractivity (Wildman–Crippen MR) is 75.2 cm³/mol. The van der Waals surface area contributed by atoms with E-state index in [9.17, 15) is 4.79 Å². The van der Waals surface area contributed by atoms with Gasteiger partial charge in [0.25, 0.3) is 0 Å². The van der Waals surface area contributed by atoms with Gasteiger partial charge in [-0.3, -0.25) is 9.69 Å². The maximum absolute atomic E-state index is 11.7. The molecular formula is C14H17Cl2NO. The molecule has 1 aliphatic rings. The van der Waals surface area contributed by atoms with Crippen molar-refractivity contribution in [1.29, 1.82) is 0 Å². The summed E-state index contributed by atoms with van der Waals surface area (Å²) in [4.78, 5) is 13.9. The number of ketones is 1. The lowest BCUT2D eigenvalue weighted by Crippen LogP contribution is -2.43. The Kier molecular flexibility index (Phi) is 4.66. The van der Waals surface area contributed by atoms with Crippen molar-refractivity contribution >= 4 is 29.0 Å². The van der Waals surface area contributed by atoms with Crippen molar-refractivity contribution < 1.29 is 4.79 Å². The third kappa shape index (κ3) is 3.25. The van der Waals surface area contributed by atoms with Gasteiger partial charge >= 0.3 is 0 Å². The number of carbonyl (C=O) groups excluding carboxylic acids is 1. The zero-order valence-corrected chi connectivity index (χ0v) is 12.0. The van der Waals surface area contributed by atoms with Crippen LogP contribution in [0.15, 0.2) is 18.2 Å². The second-order valence-corrected chi connectivity index (χ2v) is 5.67. The van der Waals surface area contributed by atoms with E-state index in [1.807, 2.05) is 12.1 Å². The molecule has 0 spiro atoms. The number of halogens is 2. The molecule has 1 atom stereocenters. The first-order valence-electron chi connectivity index (χ1n) is 6.26. The van der Waals surface area contributed by atoms with Crippen LogP contribution < -0.4 is 0 Å². The molecule has 1 aromatic carbocycles. The number of rotatable bonds is 3. The molecule has 1 saturated heterocycles. The van der Waals surface area contributed by atoms with Crippen LogP contribution in [0.1, 0.15) is 31.7 Å². The fraction of sp³-hybridized carbons (Fsp3) is 0.500. The average Bonchev–Trinajstić information content (AvgIpc) is 2.34. The van der Waals surface area contributed by atoms with Crippen molar-refractivity contribution in [2.45, 2.75) is 38.8 Å². The fourth-order valence-electron chi connectivity index (χ4n) is 2.52. The summed E-state index contributed by atoms with van der Waals surface area (Å²) in [5.41, 5.74) is 0.998. The average molecular weight is 286 g/mol. The van der Waals surface area contributed by atoms with E-state index in [0.29, 0.717) is 16.6 Å². The first kappa shape index (κ1) is 13.9. The molecule has 98 valence electrons. The maximum Gasteiger partial charge on any atom is 0.146 e. The SMILES string of the molecule is CC(=O)C1CCCCN1Cc1cc(Cl)ccc1Cl. The van der Waals surface area contributed by atoms with Crippen LogP contribution in [0.5, 0.6) is 0 Å². The fourth-order valence-corrected chi connectivity index (χ4v) is 2.90. The van der Waals surface area contributed by atoms with Crippen LogP contribution in [-0.2, 0) is 11.3 Å². The van der Waals surface area contributed by atoms with Crippen LogP contribution in [0.3, 0.4) is 0 Å². The molecule has 1 aromatic rings. The van der Waals surface area contributed by atoms with E-state index in [4.69, 9.17) is 23.2 Å². The summed E-state index contributed by atoms with van der Waals surface area (Å²) in [5, 5.41) is 1.40. The summed E-state index contributed by atoms with van der Waals surface area (Å²) < 4.78 is 0. The van der Waals surface area contributed by atoms with E-state index in [0.717, 1.165) is 31.4 Å². The number of benzene rings is 1. The molecule has 0 N–H and O–H groups in total. The van der Waals surface area contributed by atoms with Gasteiger partial charge < -0.3 is 0 Å². The topological polar surface area (TPSA) is 20.3 Å². The van der Waals surface area contributed by atoms with Gasteiger partial charge in [-0.05, 0) is 50.1 Å².